The molecule has 1 fully saturated rings. The number of carboxylic acid groups (broad SMARTS) is 1. The molecule has 7 heteroatoms. The van der Waals surface area contributed by atoms with Crippen LogP contribution < -0.4 is 34.8 Å². The second kappa shape index (κ2) is 8.88. The number of hydrogen-bond acceptors (Lipinski definition) is 5. The summed E-state index contributed by atoms with van der Waals surface area (Å²) in [4.78, 5) is 25.2. The van der Waals surface area contributed by atoms with Crippen LogP contribution in [0.25, 0.3) is 10.8 Å². The summed E-state index contributed by atoms with van der Waals surface area (Å²) in [6.45, 7) is 0.420. The number of thioether (sulfide) groups is 1. The number of pyridine rings is 1. The van der Waals surface area contributed by atoms with Crippen LogP contribution in [0.5, 0.6) is 0 Å². The van der Waals surface area contributed by atoms with Crippen molar-refractivity contribution in [2.75, 3.05) is 12.8 Å². The molecule has 0 spiro atoms. The SMILES string of the molecule is CNCc1c(Cc2cccc3ccccc23)c(C2CC2)c2n(c1=O)[C@H](C(=O)[O-])CS2.[Li+]. The van der Waals surface area contributed by atoms with Crippen molar-refractivity contribution < 1.29 is 28.8 Å². The number of aliphatic carboxylic acids is 1. The van der Waals surface area contributed by atoms with Gasteiger partial charge in [-0.15, -0.1) is 11.8 Å². The van der Waals surface area contributed by atoms with Crippen LogP contribution in [-0.2, 0) is 17.8 Å². The maximum Gasteiger partial charge on any atom is 1.00 e. The molecule has 1 aliphatic heterocycles. The van der Waals surface area contributed by atoms with Gasteiger partial charge in [0.15, 0.2) is 0 Å². The normalized spacial score (nSPS) is 17.4. The number of carboxylic acids is 1. The molecule has 0 amide bonds. The maximum absolute atomic E-state index is 13.5. The third-order valence-corrected chi connectivity index (χ3v) is 7.34. The van der Waals surface area contributed by atoms with Gasteiger partial charge >= 0.3 is 18.9 Å². The van der Waals surface area contributed by atoms with Crippen LogP contribution in [0.4, 0.5) is 0 Å². The largest absolute Gasteiger partial charge is 1.00 e. The zero-order valence-electron chi connectivity index (χ0n) is 17.8. The molecule has 31 heavy (non-hydrogen) atoms. The fourth-order valence-corrected chi connectivity index (χ4v) is 6.01. The van der Waals surface area contributed by atoms with Crippen molar-refractivity contribution in [1.82, 2.24) is 9.88 Å². The number of rotatable bonds is 6. The Morgan fingerprint density at radius 1 is 1.16 bits per heavy atom. The van der Waals surface area contributed by atoms with E-state index in [-0.39, 0.29) is 24.4 Å². The molecule has 0 radical (unpaired) electrons. The minimum atomic E-state index is -1.18. The van der Waals surface area contributed by atoms with Gasteiger partial charge in [-0.2, -0.15) is 0 Å². The smallest absolute Gasteiger partial charge is 0.548 e. The Morgan fingerprint density at radius 2 is 1.90 bits per heavy atom. The van der Waals surface area contributed by atoms with Crippen LogP contribution in [0.1, 0.15) is 47.1 Å². The molecule has 154 valence electrons. The molecule has 2 heterocycles. The first-order chi connectivity index (χ1) is 14.6. The zero-order valence-corrected chi connectivity index (χ0v) is 18.6. The van der Waals surface area contributed by atoms with Crippen LogP contribution in [0.15, 0.2) is 52.3 Å². The molecular weight excluding hydrogens is 403 g/mol. The van der Waals surface area contributed by atoms with Gasteiger partial charge in [-0.05, 0) is 59.7 Å². The second-order valence-electron chi connectivity index (χ2n) is 8.12. The van der Waals surface area contributed by atoms with E-state index in [9.17, 15) is 14.7 Å². The minimum Gasteiger partial charge on any atom is -0.548 e. The van der Waals surface area contributed by atoms with E-state index in [4.69, 9.17) is 0 Å². The van der Waals surface area contributed by atoms with E-state index in [1.807, 2.05) is 19.2 Å². The quantitative estimate of drug-likeness (QED) is 0.543. The van der Waals surface area contributed by atoms with Crippen LogP contribution in [-0.4, -0.2) is 23.3 Å². The summed E-state index contributed by atoms with van der Waals surface area (Å²) in [6.07, 6.45) is 2.84. The van der Waals surface area contributed by atoms with Gasteiger partial charge in [0.1, 0.15) is 0 Å². The number of nitrogens with one attached hydrogen (secondary N) is 1. The van der Waals surface area contributed by atoms with Gasteiger partial charge in [0.25, 0.3) is 5.56 Å². The summed E-state index contributed by atoms with van der Waals surface area (Å²) in [5.74, 6) is -0.420. The molecule has 2 aliphatic rings. The summed E-state index contributed by atoms with van der Waals surface area (Å²) in [6, 6.07) is 13.7. The standard InChI is InChI=1S/C24H24N2O3S.Li/c1-25-12-19-18(11-16-7-4-6-14-5-2-3-8-17(14)16)21(15-9-10-15)23-26(22(19)27)20(13-30-23)24(28)29;/h2-8,15,20,25H,9-13H2,1H3,(H,28,29);/q;+1/p-1/t20-;/m0./s1. The van der Waals surface area contributed by atoms with E-state index < -0.39 is 12.0 Å². The predicted molar refractivity (Wildman–Crippen MR) is 117 cm³/mol. The molecule has 1 aliphatic carbocycles. The molecule has 1 N–H and O–H groups in total. The second-order valence-corrected chi connectivity index (χ2v) is 9.13. The fourth-order valence-electron chi connectivity index (χ4n) is 4.62. The van der Waals surface area contributed by atoms with Gasteiger partial charge in [-0.3, -0.25) is 9.36 Å². The van der Waals surface area contributed by atoms with Crippen LogP contribution >= 0.6 is 11.8 Å². The van der Waals surface area contributed by atoms with E-state index in [0.717, 1.165) is 23.4 Å². The first-order valence-corrected chi connectivity index (χ1v) is 11.3. The summed E-state index contributed by atoms with van der Waals surface area (Å²) in [5, 5.41) is 18.0. The van der Waals surface area contributed by atoms with Gasteiger partial charge < -0.3 is 15.2 Å². The van der Waals surface area contributed by atoms with Gasteiger partial charge in [0.2, 0.25) is 0 Å². The number of benzene rings is 2. The van der Waals surface area contributed by atoms with Crippen LogP contribution in [0.2, 0.25) is 0 Å². The molecule has 5 nitrogen and oxygen atoms in total. The molecule has 1 aromatic heterocycles. The van der Waals surface area contributed by atoms with E-state index in [2.05, 4.69) is 35.6 Å². The average molecular weight is 426 g/mol. The molecule has 2 aromatic carbocycles. The van der Waals surface area contributed by atoms with Crippen molar-refractivity contribution in [3.05, 3.63) is 75.1 Å². The summed E-state index contributed by atoms with van der Waals surface area (Å²) < 4.78 is 1.49. The van der Waals surface area contributed by atoms with Crippen molar-refractivity contribution in [1.29, 1.82) is 0 Å². The Bertz CT molecular complexity index is 1210. The van der Waals surface area contributed by atoms with E-state index >= 15 is 0 Å². The number of hydrogen-bond donors (Lipinski definition) is 1. The average Bonchev–Trinajstić information content (AvgIpc) is 3.48. The van der Waals surface area contributed by atoms with Crippen molar-refractivity contribution in [2.45, 2.75) is 42.8 Å². The number of carbonyl (C=O) groups is 1. The van der Waals surface area contributed by atoms with Crippen molar-refractivity contribution in [2.24, 2.45) is 0 Å². The monoisotopic (exact) mass is 426 g/mol. The maximum atomic E-state index is 13.5. The molecule has 0 saturated heterocycles. The van der Waals surface area contributed by atoms with E-state index in [1.54, 1.807) is 0 Å². The topological polar surface area (TPSA) is 74.2 Å². The third-order valence-electron chi connectivity index (χ3n) is 6.16. The van der Waals surface area contributed by atoms with Gasteiger partial charge in [0.05, 0.1) is 17.0 Å². The molecule has 0 bridgehead atoms. The van der Waals surface area contributed by atoms with Crippen LogP contribution in [0.3, 0.4) is 0 Å². The Morgan fingerprint density at radius 3 is 2.61 bits per heavy atom. The van der Waals surface area contributed by atoms with Crippen molar-refractivity contribution >= 4 is 28.5 Å². The number of nitrogens with zero attached hydrogens (tertiary/aromatic N) is 1. The molecule has 1 atom stereocenters. The van der Waals surface area contributed by atoms with Crippen molar-refractivity contribution in [3.63, 3.8) is 0 Å². The summed E-state index contributed by atoms with van der Waals surface area (Å²) in [5.41, 5.74) is 3.94. The number of aromatic nitrogens is 1. The summed E-state index contributed by atoms with van der Waals surface area (Å²) >= 11 is 1.49. The van der Waals surface area contributed by atoms with Gasteiger partial charge in [0, 0.05) is 17.9 Å². The van der Waals surface area contributed by atoms with Gasteiger partial charge in [-0.25, -0.2) is 0 Å². The predicted octanol–water partition coefficient (Wildman–Crippen LogP) is -0.410. The van der Waals surface area contributed by atoms with Crippen LogP contribution in [0, 0.1) is 0 Å². The molecule has 3 aromatic rings. The van der Waals surface area contributed by atoms with E-state index in [1.165, 1.54) is 38.2 Å². The Balaban J connectivity index is 0.00000231. The Labute approximate surface area is 197 Å². The van der Waals surface area contributed by atoms with E-state index in [0.29, 0.717) is 30.2 Å². The van der Waals surface area contributed by atoms with Crippen molar-refractivity contribution in [3.8, 4) is 0 Å². The third kappa shape index (κ3) is 3.87. The fraction of sp³-hybridized carbons (Fsp3) is 0.333. The number of carbonyl (C=O) groups excluding carboxylic acids is 1. The number of fused-ring (bicyclic) bond motifs is 2. The minimum absolute atomic E-state index is 0. The molecular formula is C24H23LiN2O3S. The first-order valence-electron chi connectivity index (χ1n) is 10.3. The zero-order chi connectivity index (χ0) is 20.8. The molecule has 5 rings (SSSR count). The Kier molecular flexibility index (Phi) is 6.36. The molecule has 0 unspecified atom stereocenters. The van der Waals surface area contributed by atoms with Gasteiger partial charge in [-0.1, -0.05) is 42.5 Å². The molecule has 1 saturated carbocycles. The first kappa shape index (κ1) is 22.2. The summed E-state index contributed by atoms with van der Waals surface area (Å²) in [7, 11) is 1.82. The Hall–Kier alpha value is -1.97.